The van der Waals surface area contributed by atoms with Crippen LogP contribution in [0, 0.1) is 5.92 Å². The normalized spacial score (nSPS) is 16.2. The second-order valence-electron chi connectivity index (χ2n) is 6.53. The summed E-state index contributed by atoms with van der Waals surface area (Å²) in [5, 5.41) is -0.242. The van der Waals surface area contributed by atoms with Gasteiger partial charge in [-0.25, -0.2) is 12.8 Å². The van der Waals surface area contributed by atoms with E-state index >= 15 is 0 Å². The lowest BCUT2D eigenvalue weighted by Crippen LogP contribution is -2.20. The fourth-order valence-corrected chi connectivity index (χ4v) is 5.43. The van der Waals surface area contributed by atoms with Crippen molar-refractivity contribution < 1.29 is 17.9 Å². The SMILES string of the molecule is COC1=CC(=Cc2c(N)n3c(S(=O)(=O)CC(C)C)nsc3nc2=O)C=CC1=O. The third-order valence-electron chi connectivity index (χ3n) is 3.86. The van der Waals surface area contributed by atoms with E-state index in [0.29, 0.717) is 5.57 Å². The highest BCUT2D eigenvalue weighted by atomic mass is 32.2. The number of methoxy groups -OCH3 is 1. The molecule has 0 saturated carbocycles. The zero-order valence-corrected chi connectivity index (χ0v) is 17.0. The van der Waals surface area contributed by atoms with Crippen LogP contribution >= 0.6 is 11.5 Å². The molecule has 2 N–H and O–H groups in total. The van der Waals surface area contributed by atoms with Gasteiger partial charge in [0.15, 0.2) is 5.76 Å². The van der Waals surface area contributed by atoms with Gasteiger partial charge in [-0.1, -0.05) is 19.9 Å². The molecule has 1 aliphatic carbocycles. The van der Waals surface area contributed by atoms with Gasteiger partial charge in [-0.15, -0.1) is 0 Å². The van der Waals surface area contributed by atoms with E-state index in [9.17, 15) is 18.0 Å². The number of nitrogens with zero attached hydrogens (tertiary/aromatic N) is 3. The first-order chi connectivity index (χ1) is 13.1. The number of nitrogens with two attached hydrogens (primary N) is 1. The molecule has 2 aromatic heterocycles. The number of ketones is 1. The van der Waals surface area contributed by atoms with E-state index in [0.717, 1.165) is 11.5 Å². The standard InChI is InChI=1S/C17H18N4O5S2/c1-9(2)8-28(24,25)17-20-27-16-19-15(23)11(14(18)21(16)17)6-10-4-5-12(22)13(7-10)26-3/h4-7,9H,8,18H2,1-3H3. The van der Waals surface area contributed by atoms with Crippen LogP contribution in [0.1, 0.15) is 19.4 Å². The lowest BCUT2D eigenvalue weighted by Gasteiger charge is -2.10. The second-order valence-corrected chi connectivity index (χ2v) is 9.19. The van der Waals surface area contributed by atoms with Crippen molar-refractivity contribution in [1.29, 1.82) is 0 Å². The minimum atomic E-state index is -3.72. The number of allylic oxidation sites excluding steroid dienone is 4. The first kappa shape index (κ1) is 20.0. The number of ether oxygens (including phenoxy) is 1. The van der Waals surface area contributed by atoms with Gasteiger partial charge < -0.3 is 10.5 Å². The molecule has 0 spiro atoms. The zero-order chi connectivity index (χ0) is 20.6. The third kappa shape index (κ3) is 3.62. The minimum absolute atomic E-state index is 0.000557. The number of anilines is 1. The highest BCUT2D eigenvalue weighted by Gasteiger charge is 2.26. The molecule has 9 nitrogen and oxygen atoms in total. The van der Waals surface area contributed by atoms with E-state index in [1.54, 1.807) is 13.8 Å². The summed E-state index contributed by atoms with van der Waals surface area (Å²) in [7, 11) is -2.36. The fraction of sp³-hybridized carbons (Fsp3) is 0.294. The van der Waals surface area contributed by atoms with Crippen molar-refractivity contribution in [3.8, 4) is 0 Å². The van der Waals surface area contributed by atoms with Gasteiger partial charge in [-0.2, -0.15) is 9.36 Å². The van der Waals surface area contributed by atoms with E-state index in [1.165, 1.54) is 35.8 Å². The van der Waals surface area contributed by atoms with Gasteiger partial charge in [0.2, 0.25) is 25.7 Å². The Kier molecular flexibility index (Phi) is 5.22. The molecule has 0 aliphatic heterocycles. The van der Waals surface area contributed by atoms with Crippen LogP contribution in [0.5, 0.6) is 0 Å². The predicted octanol–water partition coefficient (Wildman–Crippen LogP) is 1.22. The van der Waals surface area contributed by atoms with E-state index in [1.807, 2.05) is 0 Å². The van der Waals surface area contributed by atoms with E-state index in [-0.39, 0.29) is 44.7 Å². The number of hydrogen-bond acceptors (Lipinski definition) is 9. The summed E-state index contributed by atoms with van der Waals surface area (Å²) in [4.78, 5) is 28.1. The number of sulfone groups is 1. The zero-order valence-electron chi connectivity index (χ0n) is 15.4. The molecule has 0 fully saturated rings. The molecular weight excluding hydrogens is 404 g/mol. The van der Waals surface area contributed by atoms with Gasteiger partial charge in [0.1, 0.15) is 5.82 Å². The van der Waals surface area contributed by atoms with E-state index in [4.69, 9.17) is 10.5 Å². The molecule has 3 rings (SSSR count). The smallest absolute Gasteiger partial charge is 0.283 e. The summed E-state index contributed by atoms with van der Waals surface area (Å²) in [5.41, 5.74) is 6.00. The first-order valence-corrected chi connectivity index (χ1v) is 10.7. The molecular formula is C17H18N4O5S2. The van der Waals surface area contributed by atoms with Crippen molar-refractivity contribution in [2.24, 2.45) is 5.92 Å². The summed E-state index contributed by atoms with van der Waals surface area (Å²) in [5.74, 6) is -0.505. The quantitative estimate of drug-likeness (QED) is 0.760. The van der Waals surface area contributed by atoms with Crippen LogP contribution in [-0.4, -0.2) is 40.8 Å². The predicted molar refractivity (Wildman–Crippen MR) is 106 cm³/mol. The first-order valence-electron chi connectivity index (χ1n) is 8.24. The van der Waals surface area contributed by atoms with Gasteiger partial charge in [-0.3, -0.25) is 9.59 Å². The average molecular weight is 422 g/mol. The molecule has 11 heteroatoms. The Balaban J connectivity index is 2.21. The number of hydrogen-bond donors (Lipinski definition) is 1. The summed E-state index contributed by atoms with van der Waals surface area (Å²) < 4.78 is 35.4. The molecule has 0 saturated heterocycles. The summed E-state index contributed by atoms with van der Waals surface area (Å²) in [6.45, 7) is 3.56. The van der Waals surface area contributed by atoms with E-state index < -0.39 is 15.4 Å². The maximum absolute atomic E-state index is 12.6. The molecule has 0 amide bonds. The van der Waals surface area contributed by atoms with Crippen molar-refractivity contribution in [2.75, 3.05) is 18.6 Å². The number of carbonyl (C=O) groups is 1. The van der Waals surface area contributed by atoms with Crippen LogP contribution in [0.4, 0.5) is 5.82 Å². The number of carbonyl (C=O) groups excluding carboxylic acids is 1. The third-order valence-corrected chi connectivity index (χ3v) is 6.61. The Labute approximate surface area is 164 Å². The molecule has 1 aliphatic rings. The summed E-state index contributed by atoms with van der Waals surface area (Å²) in [6.07, 6.45) is 5.68. The molecule has 0 aromatic carbocycles. The van der Waals surface area contributed by atoms with Crippen molar-refractivity contribution in [3.05, 3.63) is 45.5 Å². The summed E-state index contributed by atoms with van der Waals surface area (Å²) >= 11 is 0.787. The fourth-order valence-electron chi connectivity index (χ4n) is 2.68. The maximum Gasteiger partial charge on any atom is 0.283 e. The van der Waals surface area contributed by atoms with Crippen LogP contribution < -0.4 is 11.3 Å². The number of aromatic nitrogens is 3. The highest BCUT2D eigenvalue weighted by molar-refractivity contribution is 7.91. The molecule has 0 unspecified atom stereocenters. The van der Waals surface area contributed by atoms with Crippen molar-refractivity contribution >= 4 is 44.0 Å². The molecule has 2 heterocycles. The number of fused-ring (bicyclic) bond motifs is 1. The minimum Gasteiger partial charge on any atom is -0.493 e. The Hall–Kier alpha value is -2.79. The molecule has 148 valence electrons. The Bertz CT molecular complexity index is 1220. The van der Waals surface area contributed by atoms with Gasteiger partial charge in [-0.05, 0) is 29.7 Å². The topological polar surface area (TPSA) is 134 Å². The van der Waals surface area contributed by atoms with Crippen LogP contribution in [0.2, 0.25) is 0 Å². The van der Waals surface area contributed by atoms with Crippen molar-refractivity contribution in [2.45, 2.75) is 19.0 Å². The van der Waals surface area contributed by atoms with Gasteiger partial charge in [0, 0.05) is 11.5 Å². The van der Waals surface area contributed by atoms with Crippen molar-refractivity contribution in [3.63, 3.8) is 0 Å². The van der Waals surface area contributed by atoms with Crippen LogP contribution in [0.3, 0.4) is 0 Å². The maximum atomic E-state index is 12.6. The van der Waals surface area contributed by atoms with Crippen LogP contribution in [0.25, 0.3) is 11.0 Å². The van der Waals surface area contributed by atoms with Crippen molar-refractivity contribution in [1.82, 2.24) is 13.8 Å². The van der Waals surface area contributed by atoms with Gasteiger partial charge in [0.25, 0.3) is 5.56 Å². The Morgan fingerprint density at radius 1 is 1.32 bits per heavy atom. The molecule has 0 bridgehead atoms. The van der Waals surface area contributed by atoms with Gasteiger partial charge >= 0.3 is 0 Å². The number of nitrogen functional groups attached to an aromatic ring is 1. The highest BCUT2D eigenvalue weighted by Crippen LogP contribution is 2.24. The average Bonchev–Trinajstić information content (AvgIpc) is 3.03. The lowest BCUT2D eigenvalue weighted by molar-refractivity contribution is -0.114. The van der Waals surface area contributed by atoms with Gasteiger partial charge in [0.05, 0.1) is 18.4 Å². The molecule has 28 heavy (non-hydrogen) atoms. The van der Waals surface area contributed by atoms with Crippen LogP contribution in [-0.2, 0) is 19.4 Å². The largest absolute Gasteiger partial charge is 0.493 e. The molecule has 2 aromatic rings. The number of rotatable bonds is 5. The summed E-state index contributed by atoms with van der Waals surface area (Å²) in [6, 6.07) is 0. The second kappa shape index (κ2) is 7.32. The Morgan fingerprint density at radius 2 is 2.04 bits per heavy atom. The monoisotopic (exact) mass is 422 g/mol. The van der Waals surface area contributed by atoms with Crippen LogP contribution in [0.15, 0.2) is 39.5 Å². The lowest BCUT2D eigenvalue weighted by atomic mass is 10.0. The Morgan fingerprint density at radius 3 is 2.68 bits per heavy atom. The molecule has 0 atom stereocenters. The molecule has 0 radical (unpaired) electrons. The van der Waals surface area contributed by atoms with E-state index in [2.05, 4.69) is 9.36 Å².